The summed E-state index contributed by atoms with van der Waals surface area (Å²) < 4.78 is 11.9. The number of hydrogen-bond acceptors (Lipinski definition) is 5. The molecular weight excluding hydrogens is 360 g/mol. The topological polar surface area (TPSA) is 96.6 Å². The van der Waals surface area contributed by atoms with Crippen molar-refractivity contribution in [2.24, 2.45) is 0 Å². The Hall–Kier alpha value is -3.03. The molecule has 0 saturated carbocycles. The zero-order valence-electron chi connectivity index (χ0n) is 16.0. The Morgan fingerprint density at radius 3 is 2.75 bits per heavy atom. The number of nitrogens with one attached hydrogen (secondary N) is 2. The van der Waals surface area contributed by atoms with Crippen molar-refractivity contribution in [1.82, 2.24) is 15.1 Å². The smallest absolute Gasteiger partial charge is 0.267 e. The first-order chi connectivity index (χ1) is 13.5. The number of benzene rings is 1. The van der Waals surface area contributed by atoms with E-state index in [0.29, 0.717) is 30.3 Å². The molecule has 3 atom stereocenters. The van der Waals surface area contributed by atoms with E-state index < -0.39 is 6.10 Å². The fourth-order valence-electron chi connectivity index (χ4n) is 3.88. The number of para-hydroxylation sites is 2. The Morgan fingerprint density at radius 1 is 1.25 bits per heavy atom. The standard InChI is InChI=1S/C20H24N4O4/c1-12-19(28-17-8-4-3-7-16(17)27-12)20(26)24-9-5-6-14(11-24)18-15(10-21-23-18)22-13(2)25/h3-4,7-8,10,12,14,19H,5-6,9,11H2,1-2H3,(H,21,23)(H,22,25). The Kier molecular flexibility index (Phi) is 4.93. The molecule has 2 aliphatic rings. The van der Waals surface area contributed by atoms with E-state index in [1.807, 2.05) is 36.1 Å². The highest BCUT2D eigenvalue weighted by Crippen LogP contribution is 2.35. The molecule has 2 aliphatic heterocycles. The molecule has 28 heavy (non-hydrogen) atoms. The normalized spacial score (nSPS) is 23.9. The fourth-order valence-corrected chi connectivity index (χ4v) is 3.88. The number of fused-ring (bicyclic) bond motifs is 1. The minimum Gasteiger partial charge on any atom is -0.482 e. The molecule has 2 N–H and O–H groups in total. The number of aromatic nitrogens is 2. The largest absolute Gasteiger partial charge is 0.482 e. The van der Waals surface area contributed by atoms with Crippen LogP contribution in [-0.2, 0) is 9.59 Å². The first kappa shape index (κ1) is 18.3. The van der Waals surface area contributed by atoms with Gasteiger partial charge >= 0.3 is 0 Å². The zero-order valence-corrected chi connectivity index (χ0v) is 16.0. The first-order valence-corrected chi connectivity index (χ1v) is 9.55. The SMILES string of the molecule is CC(=O)Nc1cn[nH]c1C1CCCN(C(=O)C2Oc3ccccc3OC2C)C1. The number of likely N-dealkylation sites (tertiary alicyclic amines) is 1. The summed E-state index contributed by atoms with van der Waals surface area (Å²) in [5.74, 6) is 1.11. The second kappa shape index (κ2) is 7.53. The number of nitrogens with zero attached hydrogens (tertiary/aromatic N) is 2. The molecule has 0 radical (unpaired) electrons. The quantitative estimate of drug-likeness (QED) is 0.846. The number of H-pyrrole nitrogens is 1. The molecule has 0 aliphatic carbocycles. The summed E-state index contributed by atoms with van der Waals surface area (Å²) in [6, 6.07) is 7.39. The predicted octanol–water partition coefficient (Wildman–Crippen LogP) is 2.30. The highest BCUT2D eigenvalue weighted by molar-refractivity contribution is 5.89. The van der Waals surface area contributed by atoms with Crippen LogP contribution in [0.3, 0.4) is 0 Å². The molecule has 1 aromatic carbocycles. The van der Waals surface area contributed by atoms with Crippen LogP contribution in [0.15, 0.2) is 30.5 Å². The third kappa shape index (κ3) is 3.54. The van der Waals surface area contributed by atoms with E-state index in [2.05, 4.69) is 15.5 Å². The molecule has 2 amide bonds. The molecule has 3 unspecified atom stereocenters. The number of hydrogen-bond donors (Lipinski definition) is 2. The molecule has 0 spiro atoms. The summed E-state index contributed by atoms with van der Waals surface area (Å²) in [5.41, 5.74) is 1.53. The Balaban J connectivity index is 1.48. The zero-order chi connectivity index (χ0) is 19.7. The number of carbonyl (C=O) groups excluding carboxylic acids is 2. The third-order valence-corrected chi connectivity index (χ3v) is 5.21. The average Bonchev–Trinajstić information content (AvgIpc) is 3.14. The van der Waals surface area contributed by atoms with Crippen molar-refractivity contribution in [3.63, 3.8) is 0 Å². The molecule has 2 aromatic rings. The van der Waals surface area contributed by atoms with Gasteiger partial charge in [0.05, 0.1) is 17.6 Å². The van der Waals surface area contributed by atoms with Crippen molar-refractivity contribution in [2.45, 2.75) is 44.8 Å². The lowest BCUT2D eigenvalue weighted by molar-refractivity contribution is -0.145. The van der Waals surface area contributed by atoms with E-state index in [1.54, 1.807) is 6.20 Å². The molecule has 4 rings (SSSR count). The van der Waals surface area contributed by atoms with Gasteiger partial charge in [0, 0.05) is 25.9 Å². The van der Waals surface area contributed by atoms with Crippen LogP contribution in [0.25, 0.3) is 0 Å². The highest BCUT2D eigenvalue weighted by atomic mass is 16.6. The molecule has 1 saturated heterocycles. The molecule has 1 aromatic heterocycles. The molecule has 0 bridgehead atoms. The minimum absolute atomic E-state index is 0.0766. The number of carbonyl (C=O) groups is 2. The molecule has 8 heteroatoms. The average molecular weight is 384 g/mol. The van der Waals surface area contributed by atoms with Gasteiger partial charge in [0.1, 0.15) is 6.10 Å². The van der Waals surface area contributed by atoms with Crippen molar-refractivity contribution < 1.29 is 19.1 Å². The highest BCUT2D eigenvalue weighted by Gasteiger charge is 2.38. The summed E-state index contributed by atoms with van der Waals surface area (Å²) >= 11 is 0. The lowest BCUT2D eigenvalue weighted by atomic mass is 9.93. The van der Waals surface area contributed by atoms with E-state index in [4.69, 9.17) is 9.47 Å². The van der Waals surface area contributed by atoms with Gasteiger partial charge in [0.2, 0.25) is 12.0 Å². The van der Waals surface area contributed by atoms with Gasteiger partial charge < -0.3 is 19.7 Å². The van der Waals surface area contributed by atoms with E-state index in [1.165, 1.54) is 6.92 Å². The maximum atomic E-state index is 13.2. The van der Waals surface area contributed by atoms with Gasteiger partial charge in [-0.05, 0) is 31.9 Å². The van der Waals surface area contributed by atoms with E-state index in [-0.39, 0.29) is 23.8 Å². The van der Waals surface area contributed by atoms with Gasteiger partial charge in [-0.15, -0.1) is 0 Å². The van der Waals surface area contributed by atoms with Crippen LogP contribution in [-0.4, -0.2) is 52.2 Å². The van der Waals surface area contributed by atoms with E-state index in [0.717, 1.165) is 18.5 Å². The molecule has 148 valence electrons. The van der Waals surface area contributed by atoms with Gasteiger partial charge in [-0.1, -0.05) is 12.1 Å². The second-order valence-electron chi connectivity index (χ2n) is 7.31. The minimum atomic E-state index is -0.676. The van der Waals surface area contributed by atoms with Gasteiger partial charge in [-0.3, -0.25) is 14.7 Å². The maximum absolute atomic E-state index is 13.2. The number of amides is 2. The van der Waals surface area contributed by atoms with Crippen molar-refractivity contribution in [3.05, 3.63) is 36.2 Å². The summed E-state index contributed by atoms with van der Waals surface area (Å²) in [7, 11) is 0. The van der Waals surface area contributed by atoms with Crippen LogP contribution >= 0.6 is 0 Å². The van der Waals surface area contributed by atoms with Crippen LogP contribution in [0.4, 0.5) is 5.69 Å². The Morgan fingerprint density at radius 2 is 2.00 bits per heavy atom. The van der Waals surface area contributed by atoms with Crippen molar-refractivity contribution in [3.8, 4) is 11.5 Å². The van der Waals surface area contributed by atoms with Gasteiger partial charge in [0.15, 0.2) is 11.5 Å². The summed E-state index contributed by atoms with van der Waals surface area (Å²) in [5, 5.41) is 9.84. The van der Waals surface area contributed by atoms with Gasteiger partial charge in [-0.2, -0.15) is 5.10 Å². The molecule has 3 heterocycles. The molecular formula is C20H24N4O4. The maximum Gasteiger partial charge on any atom is 0.267 e. The number of rotatable bonds is 3. The Labute approximate surface area is 163 Å². The summed E-state index contributed by atoms with van der Waals surface area (Å²) in [4.78, 5) is 26.4. The summed E-state index contributed by atoms with van der Waals surface area (Å²) in [6.07, 6.45) is 2.34. The van der Waals surface area contributed by atoms with Crippen molar-refractivity contribution in [1.29, 1.82) is 0 Å². The predicted molar refractivity (Wildman–Crippen MR) is 102 cm³/mol. The van der Waals surface area contributed by atoms with Crippen LogP contribution in [0, 0.1) is 0 Å². The van der Waals surface area contributed by atoms with E-state index in [9.17, 15) is 9.59 Å². The van der Waals surface area contributed by atoms with Crippen LogP contribution in [0.5, 0.6) is 11.5 Å². The van der Waals surface area contributed by atoms with Crippen LogP contribution < -0.4 is 14.8 Å². The number of anilines is 1. The van der Waals surface area contributed by atoms with Crippen LogP contribution in [0.2, 0.25) is 0 Å². The second-order valence-corrected chi connectivity index (χ2v) is 7.31. The fraction of sp³-hybridized carbons (Fsp3) is 0.450. The van der Waals surface area contributed by atoms with Crippen molar-refractivity contribution in [2.75, 3.05) is 18.4 Å². The monoisotopic (exact) mass is 384 g/mol. The van der Waals surface area contributed by atoms with Crippen molar-refractivity contribution >= 4 is 17.5 Å². The number of ether oxygens (including phenoxy) is 2. The van der Waals surface area contributed by atoms with Crippen LogP contribution in [0.1, 0.15) is 38.3 Å². The first-order valence-electron chi connectivity index (χ1n) is 9.55. The van der Waals surface area contributed by atoms with E-state index >= 15 is 0 Å². The summed E-state index contributed by atoms with van der Waals surface area (Å²) in [6.45, 7) is 4.53. The lowest BCUT2D eigenvalue weighted by Crippen LogP contribution is -2.52. The third-order valence-electron chi connectivity index (χ3n) is 5.21. The number of aromatic amines is 1. The Bertz CT molecular complexity index is 881. The van der Waals surface area contributed by atoms with Gasteiger partial charge in [-0.25, -0.2) is 0 Å². The lowest BCUT2D eigenvalue weighted by Gasteiger charge is -2.38. The van der Waals surface area contributed by atoms with Gasteiger partial charge in [0.25, 0.3) is 5.91 Å². The number of piperidine rings is 1. The molecule has 8 nitrogen and oxygen atoms in total. The molecule has 1 fully saturated rings.